The number of fused-ring (bicyclic) bond motifs is 6. The molecule has 6 heteroatoms. The average molecular weight is 897 g/mol. The summed E-state index contributed by atoms with van der Waals surface area (Å²) in [6, 6.07) is 40.8. The number of aryl methyl sites for hydroxylation is 2. The molecule has 4 heterocycles. The number of hydrogen-bond acceptors (Lipinski definition) is 4. The Morgan fingerprint density at radius 2 is 1.51 bits per heavy atom. The number of nitrogens with zero attached hydrogens (tertiary/aromatic N) is 5. The Labute approximate surface area is 347 Å². The first-order valence-corrected chi connectivity index (χ1v) is 17.3. The van der Waals surface area contributed by atoms with E-state index in [9.17, 15) is 10.5 Å². The molecule has 269 valence electrons. The molecule has 0 spiro atoms. The van der Waals surface area contributed by atoms with E-state index in [1.807, 2.05) is 65.1 Å². The van der Waals surface area contributed by atoms with Gasteiger partial charge in [0.2, 0.25) is 0 Å². The van der Waals surface area contributed by atoms with Crippen LogP contribution in [0.1, 0.15) is 60.9 Å². The Kier molecular flexibility index (Phi) is 7.44. The first kappa shape index (κ1) is 27.4. The molecule has 5 aromatic carbocycles. The van der Waals surface area contributed by atoms with Crippen LogP contribution in [-0.4, -0.2) is 14.4 Å². The molecular formula is C49H37IrN5-2. The van der Waals surface area contributed by atoms with Crippen LogP contribution in [0.3, 0.4) is 0 Å². The van der Waals surface area contributed by atoms with Crippen molar-refractivity contribution in [2.75, 3.05) is 0 Å². The fourth-order valence-corrected chi connectivity index (χ4v) is 6.84. The molecule has 55 heavy (non-hydrogen) atoms. The predicted octanol–water partition coefficient (Wildman–Crippen LogP) is 11.9. The van der Waals surface area contributed by atoms with Gasteiger partial charge in [-0.25, -0.2) is 0 Å². The van der Waals surface area contributed by atoms with E-state index >= 15 is 0 Å². The van der Waals surface area contributed by atoms with Gasteiger partial charge in [0.05, 0.1) is 24.6 Å². The van der Waals surface area contributed by atoms with Crippen LogP contribution in [0.2, 0.25) is 0 Å². The average Bonchev–Trinajstić information content (AvgIpc) is 3.76. The first-order chi connectivity index (χ1) is 29.7. The second-order valence-electron chi connectivity index (χ2n) is 14.0. The van der Waals surface area contributed by atoms with E-state index < -0.39 is 25.5 Å². The summed E-state index contributed by atoms with van der Waals surface area (Å²) in [5.41, 5.74) is 4.31. The summed E-state index contributed by atoms with van der Waals surface area (Å²) >= 11 is 0. The van der Waals surface area contributed by atoms with E-state index in [0.717, 1.165) is 44.0 Å². The molecule has 0 aliphatic carbocycles. The van der Waals surface area contributed by atoms with Crippen LogP contribution in [0, 0.1) is 53.9 Å². The third-order valence-electron chi connectivity index (χ3n) is 9.12. The van der Waals surface area contributed by atoms with Gasteiger partial charge in [-0.3, -0.25) is 4.98 Å². The van der Waals surface area contributed by atoms with E-state index in [-0.39, 0.29) is 59.7 Å². The summed E-state index contributed by atoms with van der Waals surface area (Å²) in [4.78, 5) is 8.76. The van der Waals surface area contributed by atoms with Crippen molar-refractivity contribution in [2.24, 2.45) is 5.41 Å². The smallest absolute Gasteiger partial charge is 0.0992 e. The normalized spacial score (nSPS) is 14.4. The zero-order valence-corrected chi connectivity index (χ0v) is 32.4. The van der Waals surface area contributed by atoms with Crippen LogP contribution in [0.25, 0.3) is 71.7 Å². The Hall–Kier alpha value is -6.17. The maximum atomic E-state index is 9.67. The van der Waals surface area contributed by atoms with Crippen molar-refractivity contribution in [1.29, 1.82) is 10.5 Å². The van der Waals surface area contributed by atoms with Gasteiger partial charge in [0.25, 0.3) is 0 Å². The topological polar surface area (TPSA) is 77.8 Å². The van der Waals surface area contributed by atoms with E-state index in [0.29, 0.717) is 22.1 Å². The Bertz CT molecular complexity index is 3170. The summed E-state index contributed by atoms with van der Waals surface area (Å²) in [5.74, 6) is 0. The number of pyridine rings is 2. The number of rotatable bonds is 4. The van der Waals surface area contributed by atoms with Crippen LogP contribution in [0.4, 0.5) is 0 Å². The van der Waals surface area contributed by atoms with Crippen molar-refractivity contribution >= 4 is 38.1 Å². The quantitative estimate of drug-likeness (QED) is 0.165. The predicted molar refractivity (Wildman–Crippen MR) is 219 cm³/mol. The maximum absolute atomic E-state index is 9.67. The minimum Gasteiger partial charge on any atom is -0.348 e. The molecule has 9 rings (SSSR count). The Balaban J connectivity index is 0.000000406. The molecule has 0 aliphatic rings. The minimum atomic E-state index is -2.82. The number of hydrogen-bond donors (Lipinski definition) is 0. The molecule has 0 aliphatic heterocycles. The summed E-state index contributed by atoms with van der Waals surface area (Å²) in [6.45, 7) is -0.511. The molecular weight excluding hydrogens is 851 g/mol. The maximum Gasteiger partial charge on any atom is 0.0992 e. The van der Waals surface area contributed by atoms with Crippen molar-refractivity contribution in [3.8, 4) is 45.8 Å². The van der Waals surface area contributed by atoms with Crippen LogP contribution in [0.15, 0.2) is 122 Å². The molecule has 0 saturated carbocycles. The van der Waals surface area contributed by atoms with E-state index in [2.05, 4.69) is 34.2 Å². The van der Waals surface area contributed by atoms with Gasteiger partial charge >= 0.3 is 0 Å². The SMILES string of the molecule is [2H]c1cc(C([2H])([2H])C(C)(C)C)cc(C([2H])([2H])[2H])c1-c1cc(-c2[c-]c3c4ccc(C#N)cc4n4c5cc(C#N)ccc5c(c2)c34)ncc1C([2H])([2H])[2H].[Ir].[c-]1ccccc1-c1ccccn1. The molecule has 1 radical (unpaired) electrons. The third-order valence-corrected chi connectivity index (χ3v) is 9.12. The Morgan fingerprint density at radius 1 is 0.764 bits per heavy atom. The van der Waals surface area contributed by atoms with Crippen LogP contribution in [-0.2, 0) is 26.5 Å². The summed E-state index contributed by atoms with van der Waals surface area (Å²) in [6.07, 6.45) is 0.952. The Morgan fingerprint density at radius 3 is 2.18 bits per heavy atom. The van der Waals surface area contributed by atoms with Crippen molar-refractivity contribution < 1.29 is 32.4 Å². The van der Waals surface area contributed by atoms with E-state index in [4.69, 9.17) is 12.3 Å². The summed E-state index contributed by atoms with van der Waals surface area (Å²) in [5, 5.41) is 22.5. The van der Waals surface area contributed by atoms with E-state index in [1.165, 1.54) is 24.4 Å². The molecule has 0 amide bonds. The van der Waals surface area contributed by atoms with Crippen molar-refractivity contribution in [1.82, 2.24) is 14.4 Å². The van der Waals surface area contributed by atoms with Gasteiger partial charge in [-0.05, 0) is 94.2 Å². The molecule has 9 aromatic rings. The van der Waals surface area contributed by atoms with Crippen molar-refractivity contribution in [3.05, 3.63) is 162 Å². The molecule has 0 bridgehead atoms. The number of benzene rings is 5. The van der Waals surface area contributed by atoms with Gasteiger partial charge in [-0.1, -0.05) is 97.1 Å². The molecule has 0 saturated heterocycles. The molecule has 0 fully saturated rings. The summed E-state index contributed by atoms with van der Waals surface area (Å²) in [7, 11) is 0. The molecule has 0 unspecified atom stereocenters. The minimum absolute atomic E-state index is 0. The van der Waals surface area contributed by atoms with Crippen molar-refractivity contribution in [2.45, 2.75) is 40.8 Å². The standard InChI is InChI=1S/C38H29N4.C11H8N.Ir/c1-22-12-24(18-38(3,4)5)6-9-28(22)31-17-34(41-21-23(31)2)27-15-32-29-10-7-25(19-39)13-35(29)42-36-14-26(20-40)8-11-30(36)33(16-27)37(32)42;1-2-6-10(7-3-1)11-8-4-5-9-12-11;/h6-15,17,21H,18H2,1-5H3;1-6,8-9H;/q2*-1;/i1D3,2D3,9D,18D2;;. The second-order valence-corrected chi connectivity index (χ2v) is 14.0. The second kappa shape index (κ2) is 14.9. The number of aromatic nitrogens is 3. The summed E-state index contributed by atoms with van der Waals surface area (Å²) < 4.78 is 78.9. The van der Waals surface area contributed by atoms with E-state index in [1.54, 1.807) is 51.2 Å². The van der Waals surface area contributed by atoms with Gasteiger partial charge in [0, 0.05) is 60.2 Å². The zero-order valence-electron chi connectivity index (χ0n) is 39.0. The fourth-order valence-electron chi connectivity index (χ4n) is 6.84. The molecule has 0 atom stereocenters. The molecule has 5 nitrogen and oxygen atoms in total. The first-order valence-electron chi connectivity index (χ1n) is 21.8. The van der Waals surface area contributed by atoms with Crippen LogP contribution < -0.4 is 0 Å². The van der Waals surface area contributed by atoms with Crippen LogP contribution in [0.5, 0.6) is 0 Å². The van der Waals surface area contributed by atoms with Gasteiger partial charge in [0.1, 0.15) is 0 Å². The van der Waals surface area contributed by atoms with Crippen LogP contribution >= 0.6 is 0 Å². The van der Waals surface area contributed by atoms with Gasteiger partial charge < -0.3 is 9.38 Å². The zero-order chi connectivity index (χ0) is 45.2. The molecule has 4 aromatic heterocycles. The van der Waals surface area contributed by atoms with Gasteiger partial charge in [-0.2, -0.15) is 10.5 Å². The fraction of sp³-hybridized carbons (Fsp3) is 0.143. The van der Waals surface area contributed by atoms with Crippen molar-refractivity contribution in [3.63, 3.8) is 0 Å². The van der Waals surface area contributed by atoms with Gasteiger partial charge in [0.15, 0.2) is 0 Å². The number of nitriles is 2. The van der Waals surface area contributed by atoms with Gasteiger partial charge in [-0.15, -0.1) is 48.0 Å². The third kappa shape index (κ3) is 7.11. The monoisotopic (exact) mass is 897 g/mol. The largest absolute Gasteiger partial charge is 0.348 e. The molecule has 0 N–H and O–H groups in total.